The minimum absolute atomic E-state index is 1.11. The maximum absolute atomic E-state index is 2.49. The van der Waals surface area contributed by atoms with Gasteiger partial charge in [-0.2, -0.15) is 0 Å². The summed E-state index contributed by atoms with van der Waals surface area (Å²) < 4.78 is 5.14. The van der Waals surface area contributed by atoms with Crippen LogP contribution in [-0.4, -0.2) is 0 Å². The molecule has 0 aliphatic heterocycles. The molecule has 2 heterocycles. The van der Waals surface area contributed by atoms with Crippen LogP contribution < -0.4 is 9.80 Å². The molecule has 0 N–H and O–H groups in total. The number of nitrogens with zero attached hydrogens (tertiary/aromatic N) is 2. The smallest absolute Gasteiger partial charge is 0.0796 e. The number of para-hydroxylation sites is 3. The Bertz CT molecular complexity index is 2780. The van der Waals surface area contributed by atoms with E-state index in [9.17, 15) is 0 Å². The fourth-order valence-corrected chi connectivity index (χ4v) is 9.63. The average molecular weight is 675 g/mol. The lowest BCUT2D eigenvalue weighted by Crippen LogP contribution is -2.17. The van der Waals surface area contributed by atoms with Gasteiger partial charge in [0.05, 0.1) is 11.4 Å². The first-order chi connectivity index (χ1) is 24.8. The second-order valence-electron chi connectivity index (χ2n) is 12.6. The molecule has 8 aromatic carbocycles. The first-order valence-corrected chi connectivity index (χ1v) is 18.5. The summed E-state index contributed by atoms with van der Waals surface area (Å²) >= 11 is 3.73. The Morgan fingerprint density at radius 2 is 0.860 bits per heavy atom. The Morgan fingerprint density at radius 3 is 1.56 bits per heavy atom. The number of hydrogen-bond donors (Lipinski definition) is 0. The molecule has 0 saturated heterocycles. The van der Waals surface area contributed by atoms with Crippen molar-refractivity contribution in [1.29, 1.82) is 0 Å². The third-order valence-corrected chi connectivity index (χ3v) is 11.8. The summed E-state index contributed by atoms with van der Waals surface area (Å²) in [6.45, 7) is 0. The van der Waals surface area contributed by atoms with Crippen LogP contribution in [0.1, 0.15) is 0 Å². The van der Waals surface area contributed by atoms with Gasteiger partial charge in [-0.1, -0.05) is 103 Å². The number of fused-ring (bicyclic) bond motifs is 7. The van der Waals surface area contributed by atoms with Gasteiger partial charge < -0.3 is 9.80 Å². The van der Waals surface area contributed by atoms with E-state index in [1.165, 1.54) is 51.1 Å². The molecule has 2 aromatic heterocycles. The Labute approximate surface area is 298 Å². The minimum atomic E-state index is 1.11. The summed E-state index contributed by atoms with van der Waals surface area (Å²) in [7, 11) is 0. The van der Waals surface area contributed by atoms with E-state index in [-0.39, 0.29) is 0 Å². The van der Waals surface area contributed by atoms with Gasteiger partial charge >= 0.3 is 0 Å². The van der Waals surface area contributed by atoms with Gasteiger partial charge in [0.15, 0.2) is 0 Å². The van der Waals surface area contributed by atoms with Gasteiger partial charge in [-0.05, 0) is 89.6 Å². The molecule has 0 aliphatic carbocycles. The second-order valence-corrected chi connectivity index (χ2v) is 14.7. The molecule has 10 aromatic rings. The molecular formula is C46H30N2S2. The van der Waals surface area contributed by atoms with Crippen molar-refractivity contribution in [2.75, 3.05) is 9.80 Å². The lowest BCUT2D eigenvalue weighted by Gasteiger charge is -2.34. The molecule has 0 bridgehead atoms. The SMILES string of the molecule is c1ccc(N(c2ccccc2)c2ccc3sc4cc5ccccc5cc4c3c2N(c2ccccc2)c2ccc3c(c2)sc2ccccc23)cc1. The van der Waals surface area contributed by atoms with Gasteiger partial charge in [0.1, 0.15) is 0 Å². The zero-order valence-corrected chi connectivity index (χ0v) is 28.7. The van der Waals surface area contributed by atoms with E-state index in [0.29, 0.717) is 0 Å². The summed E-state index contributed by atoms with van der Waals surface area (Å²) in [5, 5.41) is 7.64. The van der Waals surface area contributed by atoms with Crippen LogP contribution in [0.15, 0.2) is 182 Å². The Kier molecular flexibility index (Phi) is 6.90. The van der Waals surface area contributed by atoms with Crippen molar-refractivity contribution in [3.8, 4) is 0 Å². The predicted octanol–water partition coefficient (Wildman–Crippen LogP) is 14.5. The summed E-state index contributed by atoms with van der Waals surface area (Å²) in [6.07, 6.45) is 0. The van der Waals surface area contributed by atoms with E-state index >= 15 is 0 Å². The van der Waals surface area contributed by atoms with Gasteiger partial charge in [0, 0.05) is 63.1 Å². The van der Waals surface area contributed by atoms with E-state index in [1.807, 2.05) is 22.7 Å². The largest absolute Gasteiger partial charge is 0.308 e. The normalized spacial score (nSPS) is 11.6. The molecule has 0 fully saturated rings. The molecule has 0 spiro atoms. The highest BCUT2D eigenvalue weighted by molar-refractivity contribution is 7.26. The Hall–Kier alpha value is -5.94. The summed E-state index contributed by atoms with van der Waals surface area (Å²) in [5.41, 5.74) is 6.73. The van der Waals surface area contributed by atoms with Crippen molar-refractivity contribution >= 4 is 108 Å². The zero-order valence-electron chi connectivity index (χ0n) is 27.0. The summed E-state index contributed by atoms with van der Waals surface area (Å²) in [6, 6.07) is 66.2. The van der Waals surface area contributed by atoms with Gasteiger partial charge in [-0.3, -0.25) is 0 Å². The lowest BCUT2D eigenvalue weighted by molar-refractivity contribution is 1.24. The second kappa shape index (κ2) is 11.9. The quantitative estimate of drug-likeness (QED) is 0.173. The minimum Gasteiger partial charge on any atom is -0.308 e. The van der Waals surface area contributed by atoms with Crippen LogP contribution in [0.5, 0.6) is 0 Å². The van der Waals surface area contributed by atoms with Gasteiger partial charge in [0.2, 0.25) is 0 Å². The van der Waals surface area contributed by atoms with Crippen LogP contribution in [0.4, 0.5) is 34.1 Å². The van der Waals surface area contributed by atoms with Crippen molar-refractivity contribution in [1.82, 2.24) is 0 Å². The van der Waals surface area contributed by atoms with Gasteiger partial charge in [-0.25, -0.2) is 0 Å². The number of rotatable bonds is 6. The maximum atomic E-state index is 2.49. The van der Waals surface area contributed by atoms with E-state index in [0.717, 1.165) is 34.1 Å². The molecule has 50 heavy (non-hydrogen) atoms. The molecule has 2 nitrogen and oxygen atoms in total. The topological polar surface area (TPSA) is 6.48 Å². The molecule has 0 saturated carbocycles. The highest BCUT2D eigenvalue weighted by Gasteiger charge is 2.27. The molecule has 4 heteroatoms. The van der Waals surface area contributed by atoms with Crippen LogP contribution in [0.2, 0.25) is 0 Å². The molecule has 0 amide bonds. The highest BCUT2D eigenvalue weighted by atomic mass is 32.1. The molecular weight excluding hydrogens is 645 g/mol. The molecule has 0 unspecified atom stereocenters. The van der Waals surface area contributed by atoms with Crippen molar-refractivity contribution in [3.63, 3.8) is 0 Å². The van der Waals surface area contributed by atoms with Crippen molar-refractivity contribution < 1.29 is 0 Å². The Morgan fingerprint density at radius 1 is 0.320 bits per heavy atom. The molecule has 0 atom stereocenters. The van der Waals surface area contributed by atoms with Gasteiger partial charge in [0.25, 0.3) is 0 Å². The third kappa shape index (κ3) is 4.76. The van der Waals surface area contributed by atoms with Crippen LogP contribution in [0, 0.1) is 0 Å². The standard InChI is InChI=1S/C46H30N2S2/c1-4-16-33(17-5-1)47(34-18-6-2-7-19-34)40-26-27-42-45(39-28-31-14-10-11-15-32(31)29-43(39)50-42)46(40)48(35-20-8-3-9-21-35)36-24-25-38-37-22-12-13-23-41(37)49-44(38)30-36/h1-30H. The number of benzene rings is 8. The number of hydrogen-bond acceptors (Lipinski definition) is 4. The Balaban J connectivity index is 1.35. The fraction of sp³-hybridized carbons (Fsp3) is 0. The average Bonchev–Trinajstić information content (AvgIpc) is 3.73. The molecule has 10 rings (SSSR count). The van der Waals surface area contributed by atoms with E-state index < -0.39 is 0 Å². The fourth-order valence-electron chi connectivity index (χ4n) is 7.35. The monoisotopic (exact) mass is 674 g/mol. The van der Waals surface area contributed by atoms with Crippen LogP contribution in [0.25, 0.3) is 51.1 Å². The van der Waals surface area contributed by atoms with E-state index in [4.69, 9.17) is 0 Å². The number of anilines is 6. The summed E-state index contributed by atoms with van der Waals surface area (Å²) in [4.78, 5) is 4.90. The summed E-state index contributed by atoms with van der Waals surface area (Å²) in [5.74, 6) is 0. The first-order valence-electron chi connectivity index (χ1n) is 16.8. The highest BCUT2D eigenvalue weighted by Crippen LogP contribution is 2.53. The van der Waals surface area contributed by atoms with Crippen LogP contribution in [-0.2, 0) is 0 Å². The molecule has 236 valence electrons. The van der Waals surface area contributed by atoms with Crippen molar-refractivity contribution in [2.45, 2.75) is 0 Å². The van der Waals surface area contributed by atoms with E-state index in [2.05, 4.69) is 192 Å². The van der Waals surface area contributed by atoms with E-state index in [1.54, 1.807) is 0 Å². The van der Waals surface area contributed by atoms with Crippen molar-refractivity contribution in [2.24, 2.45) is 0 Å². The van der Waals surface area contributed by atoms with Gasteiger partial charge in [-0.15, -0.1) is 22.7 Å². The number of thiophene rings is 2. The zero-order chi connectivity index (χ0) is 33.0. The van der Waals surface area contributed by atoms with Crippen molar-refractivity contribution in [3.05, 3.63) is 182 Å². The van der Waals surface area contributed by atoms with Crippen LogP contribution in [0.3, 0.4) is 0 Å². The van der Waals surface area contributed by atoms with Crippen LogP contribution >= 0.6 is 22.7 Å². The lowest BCUT2D eigenvalue weighted by atomic mass is 10.0. The first kappa shape index (κ1) is 29.0. The predicted molar refractivity (Wildman–Crippen MR) is 219 cm³/mol. The molecule has 0 radical (unpaired) electrons. The third-order valence-electron chi connectivity index (χ3n) is 9.58. The molecule has 0 aliphatic rings. The maximum Gasteiger partial charge on any atom is 0.0796 e.